The summed E-state index contributed by atoms with van der Waals surface area (Å²) in [7, 11) is 1.66. The van der Waals surface area contributed by atoms with Crippen molar-refractivity contribution < 1.29 is 14.6 Å². The average molecular weight is 277 g/mol. The molecule has 1 fully saturated rings. The Hall–Kier alpha value is -1.55. The van der Waals surface area contributed by atoms with E-state index in [2.05, 4.69) is 24.0 Å². The zero-order chi connectivity index (χ0) is 14.7. The van der Waals surface area contributed by atoms with Crippen molar-refractivity contribution in [3.05, 3.63) is 29.8 Å². The SMILES string of the molecule is COc1ccc(CC(C)N2CCC(C(=O)O)C2C)cc1. The van der Waals surface area contributed by atoms with Gasteiger partial charge >= 0.3 is 5.97 Å². The summed E-state index contributed by atoms with van der Waals surface area (Å²) in [5, 5.41) is 9.19. The lowest BCUT2D eigenvalue weighted by molar-refractivity contribution is -0.142. The number of nitrogens with zero attached hydrogens (tertiary/aromatic N) is 1. The summed E-state index contributed by atoms with van der Waals surface area (Å²) in [6.07, 6.45) is 1.68. The van der Waals surface area contributed by atoms with E-state index in [1.807, 2.05) is 19.1 Å². The molecule has 1 aromatic carbocycles. The molecule has 0 bridgehead atoms. The molecule has 0 radical (unpaired) electrons. The van der Waals surface area contributed by atoms with Crippen LogP contribution < -0.4 is 4.74 Å². The van der Waals surface area contributed by atoms with E-state index >= 15 is 0 Å². The van der Waals surface area contributed by atoms with Crippen LogP contribution in [0.3, 0.4) is 0 Å². The molecule has 0 saturated carbocycles. The van der Waals surface area contributed by atoms with Crippen molar-refractivity contribution in [1.82, 2.24) is 4.90 Å². The van der Waals surface area contributed by atoms with Crippen molar-refractivity contribution in [2.24, 2.45) is 5.92 Å². The summed E-state index contributed by atoms with van der Waals surface area (Å²) in [4.78, 5) is 13.5. The summed E-state index contributed by atoms with van der Waals surface area (Å²) in [6.45, 7) is 5.07. The minimum atomic E-state index is -0.670. The summed E-state index contributed by atoms with van der Waals surface area (Å²) in [5.41, 5.74) is 1.25. The summed E-state index contributed by atoms with van der Waals surface area (Å²) in [5.74, 6) is -0.0353. The molecule has 1 heterocycles. The standard InChI is InChI=1S/C16H23NO3/c1-11(10-13-4-6-14(20-3)7-5-13)17-9-8-15(12(17)2)16(18)19/h4-7,11-12,15H,8-10H2,1-3H3,(H,18,19). The normalized spacial score (nSPS) is 24.6. The van der Waals surface area contributed by atoms with Gasteiger partial charge in [0, 0.05) is 12.1 Å². The van der Waals surface area contributed by atoms with Gasteiger partial charge < -0.3 is 9.84 Å². The van der Waals surface area contributed by atoms with Crippen LogP contribution >= 0.6 is 0 Å². The van der Waals surface area contributed by atoms with E-state index in [0.717, 1.165) is 25.1 Å². The van der Waals surface area contributed by atoms with Crippen molar-refractivity contribution in [1.29, 1.82) is 0 Å². The molecule has 1 aliphatic heterocycles. The predicted octanol–water partition coefficient (Wildman–Crippen LogP) is 2.42. The van der Waals surface area contributed by atoms with E-state index in [1.54, 1.807) is 7.11 Å². The zero-order valence-electron chi connectivity index (χ0n) is 12.4. The van der Waals surface area contributed by atoms with Gasteiger partial charge in [0.05, 0.1) is 13.0 Å². The molecule has 1 aliphatic rings. The van der Waals surface area contributed by atoms with E-state index < -0.39 is 5.97 Å². The van der Waals surface area contributed by atoms with Gasteiger partial charge in [-0.15, -0.1) is 0 Å². The van der Waals surface area contributed by atoms with Crippen molar-refractivity contribution in [3.8, 4) is 5.75 Å². The van der Waals surface area contributed by atoms with Crippen LogP contribution in [0.25, 0.3) is 0 Å². The van der Waals surface area contributed by atoms with Gasteiger partial charge in [0.1, 0.15) is 5.75 Å². The molecule has 4 heteroatoms. The fourth-order valence-corrected chi connectivity index (χ4v) is 3.14. The van der Waals surface area contributed by atoms with E-state index in [-0.39, 0.29) is 12.0 Å². The topological polar surface area (TPSA) is 49.8 Å². The monoisotopic (exact) mass is 277 g/mol. The van der Waals surface area contributed by atoms with E-state index in [1.165, 1.54) is 5.56 Å². The number of aliphatic carboxylic acids is 1. The number of rotatable bonds is 5. The summed E-state index contributed by atoms with van der Waals surface area (Å²) < 4.78 is 5.16. The molecular weight excluding hydrogens is 254 g/mol. The van der Waals surface area contributed by atoms with Crippen molar-refractivity contribution in [2.75, 3.05) is 13.7 Å². The van der Waals surface area contributed by atoms with Crippen LogP contribution in [0.5, 0.6) is 5.75 Å². The smallest absolute Gasteiger partial charge is 0.308 e. The van der Waals surface area contributed by atoms with Crippen LogP contribution in [0.1, 0.15) is 25.8 Å². The Balaban J connectivity index is 1.97. The first-order valence-corrected chi connectivity index (χ1v) is 7.14. The molecule has 20 heavy (non-hydrogen) atoms. The fraction of sp³-hybridized carbons (Fsp3) is 0.562. The lowest BCUT2D eigenvalue weighted by Crippen LogP contribution is -2.40. The molecule has 3 atom stereocenters. The first-order valence-electron chi connectivity index (χ1n) is 7.14. The Morgan fingerprint density at radius 1 is 1.45 bits per heavy atom. The molecule has 2 rings (SSSR count). The zero-order valence-corrected chi connectivity index (χ0v) is 12.4. The third kappa shape index (κ3) is 3.12. The molecule has 0 amide bonds. The van der Waals surface area contributed by atoms with E-state index in [0.29, 0.717) is 6.04 Å². The highest BCUT2D eigenvalue weighted by Crippen LogP contribution is 2.27. The maximum atomic E-state index is 11.2. The summed E-state index contributed by atoms with van der Waals surface area (Å²) >= 11 is 0. The average Bonchev–Trinajstić information content (AvgIpc) is 2.81. The van der Waals surface area contributed by atoms with E-state index in [4.69, 9.17) is 4.74 Å². The molecule has 4 nitrogen and oxygen atoms in total. The predicted molar refractivity (Wildman–Crippen MR) is 78.1 cm³/mol. The largest absolute Gasteiger partial charge is 0.497 e. The summed E-state index contributed by atoms with van der Waals surface area (Å²) in [6, 6.07) is 8.55. The number of hydrogen-bond acceptors (Lipinski definition) is 3. The third-order valence-corrected chi connectivity index (χ3v) is 4.38. The number of likely N-dealkylation sites (tertiary alicyclic amines) is 1. The van der Waals surface area contributed by atoms with Gasteiger partial charge in [0.2, 0.25) is 0 Å². The van der Waals surface area contributed by atoms with Crippen LogP contribution in [0, 0.1) is 5.92 Å². The van der Waals surface area contributed by atoms with Gasteiger partial charge in [-0.05, 0) is 50.9 Å². The Morgan fingerprint density at radius 2 is 2.10 bits per heavy atom. The molecule has 1 saturated heterocycles. The third-order valence-electron chi connectivity index (χ3n) is 4.38. The Labute approximate surface area is 120 Å². The first-order chi connectivity index (χ1) is 9.52. The van der Waals surface area contributed by atoms with Crippen LogP contribution in [0.2, 0.25) is 0 Å². The highest BCUT2D eigenvalue weighted by molar-refractivity contribution is 5.71. The van der Waals surface area contributed by atoms with Crippen LogP contribution in [-0.4, -0.2) is 41.7 Å². The fourth-order valence-electron chi connectivity index (χ4n) is 3.14. The second-order valence-corrected chi connectivity index (χ2v) is 5.61. The maximum absolute atomic E-state index is 11.2. The molecule has 0 aliphatic carbocycles. The van der Waals surface area contributed by atoms with Crippen LogP contribution in [0.4, 0.5) is 0 Å². The van der Waals surface area contributed by atoms with Crippen molar-refractivity contribution in [2.45, 2.75) is 38.8 Å². The van der Waals surface area contributed by atoms with E-state index in [9.17, 15) is 9.90 Å². The molecule has 3 unspecified atom stereocenters. The van der Waals surface area contributed by atoms with Crippen molar-refractivity contribution >= 4 is 5.97 Å². The Morgan fingerprint density at radius 3 is 2.60 bits per heavy atom. The van der Waals surface area contributed by atoms with Gasteiger partial charge in [-0.1, -0.05) is 12.1 Å². The van der Waals surface area contributed by atoms with Gasteiger partial charge in [-0.2, -0.15) is 0 Å². The molecule has 1 aromatic rings. The second-order valence-electron chi connectivity index (χ2n) is 5.61. The molecule has 1 N–H and O–H groups in total. The minimum Gasteiger partial charge on any atom is -0.497 e. The Kier molecular flexibility index (Phi) is 4.65. The highest BCUT2D eigenvalue weighted by atomic mass is 16.5. The Bertz CT molecular complexity index is 457. The number of carboxylic acids is 1. The maximum Gasteiger partial charge on any atom is 0.308 e. The van der Waals surface area contributed by atoms with Crippen LogP contribution in [0.15, 0.2) is 24.3 Å². The van der Waals surface area contributed by atoms with Gasteiger partial charge in [-0.3, -0.25) is 9.69 Å². The van der Waals surface area contributed by atoms with Gasteiger partial charge in [0.15, 0.2) is 0 Å². The number of hydrogen-bond donors (Lipinski definition) is 1. The number of ether oxygens (including phenoxy) is 1. The number of carboxylic acid groups (broad SMARTS) is 1. The first kappa shape index (κ1) is 14.9. The molecule has 0 aromatic heterocycles. The second kappa shape index (κ2) is 6.27. The van der Waals surface area contributed by atoms with Crippen LogP contribution in [-0.2, 0) is 11.2 Å². The number of methoxy groups -OCH3 is 1. The van der Waals surface area contributed by atoms with Gasteiger partial charge in [0.25, 0.3) is 0 Å². The highest BCUT2D eigenvalue weighted by Gasteiger charge is 2.37. The quantitative estimate of drug-likeness (QED) is 0.898. The lowest BCUT2D eigenvalue weighted by atomic mass is 10.0. The van der Waals surface area contributed by atoms with Crippen molar-refractivity contribution in [3.63, 3.8) is 0 Å². The number of carbonyl (C=O) groups is 1. The molecular formula is C16H23NO3. The molecule has 110 valence electrons. The molecule has 0 spiro atoms. The number of benzene rings is 1. The lowest BCUT2D eigenvalue weighted by Gasteiger charge is -2.29. The van der Waals surface area contributed by atoms with Gasteiger partial charge in [-0.25, -0.2) is 0 Å². The minimum absolute atomic E-state index is 0.112.